The molecule has 0 spiro atoms. The maximum atomic E-state index is 12.5. The first-order valence-corrected chi connectivity index (χ1v) is 7.66. The summed E-state index contributed by atoms with van der Waals surface area (Å²) < 4.78 is 10.6. The zero-order chi connectivity index (χ0) is 18.7. The SMILES string of the molecule is Cc1cc(CO)cnc1N(C(=O)OC(C)(C)C)C(=O)OC(C)(C)C. The number of hydrogen-bond acceptors (Lipinski definition) is 6. The maximum Gasteiger partial charge on any atom is 0.425 e. The Balaban J connectivity index is 3.27. The van der Waals surface area contributed by atoms with Gasteiger partial charge in [-0.3, -0.25) is 0 Å². The lowest BCUT2D eigenvalue weighted by molar-refractivity contribution is 0.0428. The molecule has 0 saturated heterocycles. The molecule has 7 heteroatoms. The smallest absolute Gasteiger partial charge is 0.425 e. The predicted molar refractivity (Wildman–Crippen MR) is 89.8 cm³/mol. The Morgan fingerprint density at radius 2 is 1.54 bits per heavy atom. The number of carbonyl (C=O) groups excluding carboxylic acids is 2. The average Bonchev–Trinajstić information content (AvgIpc) is 2.36. The van der Waals surface area contributed by atoms with Gasteiger partial charge >= 0.3 is 12.2 Å². The lowest BCUT2D eigenvalue weighted by Gasteiger charge is -2.28. The van der Waals surface area contributed by atoms with Crippen LogP contribution in [0.25, 0.3) is 0 Å². The Bertz CT molecular complexity index is 586. The summed E-state index contributed by atoms with van der Waals surface area (Å²) in [6.45, 7) is 11.7. The molecule has 134 valence electrons. The first-order valence-electron chi connectivity index (χ1n) is 7.66. The summed E-state index contributed by atoms with van der Waals surface area (Å²) in [7, 11) is 0. The second-order valence-electron chi connectivity index (χ2n) is 7.44. The van der Waals surface area contributed by atoms with Crippen molar-refractivity contribution in [2.75, 3.05) is 4.90 Å². The summed E-state index contributed by atoms with van der Waals surface area (Å²) in [4.78, 5) is 29.9. The Kier molecular flexibility index (Phi) is 5.94. The van der Waals surface area contributed by atoms with Gasteiger partial charge in [0.2, 0.25) is 0 Å². The Morgan fingerprint density at radius 3 is 1.88 bits per heavy atom. The summed E-state index contributed by atoms with van der Waals surface area (Å²) >= 11 is 0. The van der Waals surface area contributed by atoms with Gasteiger partial charge in [-0.05, 0) is 65.7 Å². The molecule has 0 aliphatic carbocycles. The Labute approximate surface area is 142 Å². The molecule has 2 amide bonds. The second kappa shape index (κ2) is 7.17. The summed E-state index contributed by atoms with van der Waals surface area (Å²) in [6, 6.07) is 1.64. The van der Waals surface area contributed by atoms with Crippen molar-refractivity contribution in [3.8, 4) is 0 Å². The molecule has 24 heavy (non-hydrogen) atoms. The van der Waals surface area contributed by atoms with Gasteiger partial charge in [0.15, 0.2) is 5.82 Å². The normalized spacial score (nSPS) is 11.8. The quantitative estimate of drug-likeness (QED) is 0.887. The van der Waals surface area contributed by atoms with Crippen LogP contribution in [0.15, 0.2) is 12.3 Å². The van der Waals surface area contributed by atoms with Crippen LogP contribution in [0.1, 0.15) is 52.7 Å². The number of aromatic nitrogens is 1. The number of rotatable bonds is 2. The molecule has 1 N–H and O–H groups in total. The van der Waals surface area contributed by atoms with E-state index in [1.165, 1.54) is 6.20 Å². The third kappa shape index (κ3) is 5.81. The molecule has 1 aromatic rings. The molecule has 0 fully saturated rings. The highest BCUT2D eigenvalue weighted by molar-refractivity contribution is 6.09. The van der Waals surface area contributed by atoms with Crippen LogP contribution >= 0.6 is 0 Å². The number of pyridine rings is 1. The fourth-order valence-corrected chi connectivity index (χ4v) is 1.81. The molecule has 0 saturated carbocycles. The van der Waals surface area contributed by atoms with Gasteiger partial charge in [-0.2, -0.15) is 4.90 Å². The van der Waals surface area contributed by atoms with Gasteiger partial charge in [-0.1, -0.05) is 0 Å². The van der Waals surface area contributed by atoms with Crippen molar-refractivity contribution in [1.29, 1.82) is 0 Å². The van der Waals surface area contributed by atoms with E-state index in [4.69, 9.17) is 9.47 Å². The fraction of sp³-hybridized carbons (Fsp3) is 0.588. The number of carbonyl (C=O) groups is 2. The second-order valence-corrected chi connectivity index (χ2v) is 7.44. The number of aliphatic hydroxyl groups excluding tert-OH is 1. The van der Waals surface area contributed by atoms with Crippen molar-refractivity contribution in [3.63, 3.8) is 0 Å². The van der Waals surface area contributed by atoms with Gasteiger partial charge in [-0.25, -0.2) is 14.6 Å². The molecule has 0 radical (unpaired) electrons. The minimum Gasteiger partial charge on any atom is -0.443 e. The first kappa shape index (κ1) is 19.9. The lowest BCUT2D eigenvalue weighted by atomic mass is 10.2. The number of aryl methyl sites for hydroxylation is 1. The van der Waals surface area contributed by atoms with Crippen LogP contribution in [0, 0.1) is 6.92 Å². The van der Waals surface area contributed by atoms with E-state index < -0.39 is 23.4 Å². The summed E-state index contributed by atoms with van der Waals surface area (Å²) in [6.07, 6.45) is -0.349. The van der Waals surface area contributed by atoms with Crippen LogP contribution in [0.3, 0.4) is 0 Å². The van der Waals surface area contributed by atoms with Gasteiger partial charge in [0, 0.05) is 6.20 Å². The molecule has 0 aliphatic heterocycles. The molecule has 0 unspecified atom stereocenters. The maximum absolute atomic E-state index is 12.5. The number of nitrogens with zero attached hydrogens (tertiary/aromatic N) is 2. The van der Waals surface area contributed by atoms with Crippen LogP contribution in [0.5, 0.6) is 0 Å². The average molecular weight is 338 g/mol. The van der Waals surface area contributed by atoms with Crippen molar-refractivity contribution in [3.05, 3.63) is 23.4 Å². The molecule has 0 aliphatic rings. The summed E-state index contributed by atoms with van der Waals surface area (Å²) in [5, 5.41) is 9.18. The van der Waals surface area contributed by atoms with Gasteiger partial charge in [0.1, 0.15) is 11.2 Å². The van der Waals surface area contributed by atoms with Crippen LogP contribution in [-0.4, -0.2) is 33.5 Å². The Morgan fingerprint density at radius 1 is 1.08 bits per heavy atom. The van der Waals surface area contributed by atoms with Crippen LogP contribution in [0.2, 0.25) is 0 Å². The van der Waals surface area contributed by atoms with E-state index in [1.807, 2.05) is 0 Å². The number of aliphatic hydroxyl groups is 1. The highest BCUT2D eigenvalue weighted by Gasteiger charge is 2.34. The molecule has 0 atom stereocenters. The van der Waals surface area contributed by atoms with Crippen molar-refractivity contribution in [2.45, 2.75) is 66.3 Å². The first-order chi connectivity index (χ1) is 10.8. The zero-order valence-corrected chi connectivity index (χ0v) is 15.3. The van der Waals surface area contributed by atoms with Gasteiger partial charge in [0.25, 0.3) is 0 Å². The summed E-state index contributed by atoms with van der Waals surface area (Å²) in [5.74, 6) is 0.107. The van der Waals surface area contributed by atoms with E-state index in [-0.39, 0.29) is 12.4 Å². The van der Waals surface area contributed by atoms with Crippen LogP contribution in [0.4, 0.5) is 15.4 Å². The third-order valence-corrected chi connectivity index (χ3v) is 2.65. The standard InChI is InChI=1S/C17H26N2O5/c1-11-8-12(10-20)9-18-13(11)19(14(21)23-16(2,3)4)15(22)24-17(5,6)7/h8-9,20H,10H2,1-7H3. The van der Waals surface area contributed by atoms with Gasteiger partial charge in [0.05, 0.1) is 6.61 Å². The predicted octanol–water partition coefficient (Wildman–Crippen LogP) is 3.56. The highest BCUT2D eigenvalue weighted by Crippen LogP contribution is 2.23. The number of anilines is 1. The van der Waals surface area contributed by atoms with Gasteiger partial charge < -0.3 is 14.6 Å². The van der Waals surface area contributed by atoms with Crippen LogP contribution in [-0.2, 0) is 16.1 Å². The molecule has 1 rings (SSSR count). The van der Waals surface area contributed by atoms with Crippen molar-refractivity contribution >= 4 is 18.0 Å². The van der Waals surface area contributed by atoms with Gasteiger partial charge in [-0.15, -0.1) is 0 Å². The molecule has 0 aromatic carbocycles. The molecule has 1 heterocycles. The van der Waals surface area contributed by atoms with E-state index in [0.29, 0.717) is 11.1 Å². The number of ether oxygens (including phenoxy) is 2. The minimum absolute atomic E-state index is 0.107. The topological polar surface area (TPSA) is 89.0 Å². The van der Waals surface area contributed by atoms with E-state index in [1.54, 1.807) is 54.5 Å². The zero-order valence-electron chi connectivity index (χ0n) is 15.3. The van der Waals surface area contributed by atoms with E-state index in [9.17, 15) is 14.7 Å². The van der Waals surface area contributed by atoms with Crippen molar-refractivity contribution < 1.29 is 24.2 Å². The molecule has 0 bridgehead atoms. The Hall–Kier alpha value is -2.15. The minimum atomic E-state index is -0.871. The number of amides is 2. The molecular formula is C17H26N2O5. The number of hydrogen-bond donors (Lipinski definition) is 1. The van der Waals surface area contributed by atoms with E-state index in [0.717, 1.165) is 4.90 Å². The molecule has 7 nitrogen and oxygen atoms in total. The van der Waals surface area contributed by atoms with Crippen molar-refractivity contribution in [2.24, 2.45) is 0 Å². The lowest BCUT2D eigenvalue weighted by Crippen LogP contribution is -2.44. The number of imide groups is 1. The van der Waals surface area contributed by atoms with E-state index >= 15 is 0 Å². The summed E-state index contributed by atoms with van der Waals surface area (Å²) in [5.41, 5.74) is -0.449. The third-order valence-electron chi connectivity index (χ3n) is 2.65. The highest BCUT2D eigenvalue weighted by atomic mass is 16.6. The van der Waals surface area contributed by atoms with E-state index in [2.05, 4.69) is 4.98 Å². The van der Waals surface area contributed by atoms with Crippen LogP contribution < -0.4 is 4.90 Å². The largest absolute Gasteiger partial charge is 0.443 e. The molecular weight excluding hydrogens is 312 g/mol. The van der Waals surface area contributed by atoms with Crippen molar-refractivity contribution in [1.82, 2.24) is 4.98 Å². The molecule has 1 aromatic heterocycles. The monoisotopic (exact) mass is 338 g/mol. The fourth-order valence-electron chi connectivity index (χ4n) is 1.81.